The fourth-order valence-electron chi connectivity index (χ4n) is 3.43. The van der Waals surface area contributed by atoms with E-state index in [4.69, 9.17) is 4.42 Å². The molecule has 2 amide bonds. The summed E-state index contributed by atoms with van der Waals surface area (Å²) in [5, 5.41) is 16.8. The quantitative estimate of drug-likeness (QED) is 0.577. The molecular formula is C16H17N5O6S. The van der Waals surface area contributed by atoms with Gasteiger partial charge >= 0.3 is 16.2 Å². The summed E-state index contributed by atoms with van der Waals surface area (Å²) >= 11 is 0. The van der Waals surface area contributed by atoms with Crippen molar-refractivity contribution in [3.05, 3.63) is 18.2 Å². The molecule has 12 heteroatoms. The van der Waals surface area contributed by atoms with Crippen LogP contribution in [0.3, 0.4) is 0 Å². The van der Waals surface area contributed by atoms with Crippen molar-refractivity contribution in [1.82, 2.24) is 14.0 Å². The number of azo groups is 1. The Morgan fingerprint density at radius 3 is 2.71 bits per heavy atom. The highest BCUT2D eigenvalue weighted by Crippen LogP contribution is 2.28. The maximum Gasteiger partial charge on any atom is 0.341 e. The smallest absolute Gasteiger partial charge is 0.341 e. The van der Waals surface area contributed by atoms with Gasteiger partial charge in [0.15, 0.2) is 5.58 Å². The van der Waals surface area contributed by atoms with Crippen molar-refractivity contribution < 1.29 is 27.5 Å². The van der Waals surface area contributed by atoms with Crippen LogP contribution >= 0.6 is 0 Å². The van der Waals surface area contributed by atoms with Gasteiger partial charge in [0, 0.05) is 12.1 Å². The normalized spacial score (nSPS) is 23.4. The van der Waals surface area contributed by atoms with E-state index >= 15 is 0 Å². The first-order chi connectivity index (χ1) is 13.3. The number of oxazole rings is 1. The number of phenolic OH excluding ortho intramolecular Hbond substituents is 1. The number of carbonyl (C=O) groups excluding carboxylic acids is 2. The Morgan fingerprint density at radius 2 is 1.96 bits per heavy atom. The van der Waals surface area contributed by atoms with Gasteiger partial charge in [0.25, 0.3) is 11.8 Å². The Balaban J connectivity index is 1.61. The summed E-state index contributed by atoms with van der Waals surface area (Å²) in [6.07, 6.45) is 3.67. The minimum atomic E-state index is -4.25. The number of nitrogens with one attached hydrogen (secondary N) is 1. The molecule has 2 aliphatic rings. The van der Waals surface area contributed by atoms with Crippen LogP contribution in [0.25, 0.3) is 11.1 Å². The van der Waals surface area contributed by atoms with Crippen LogP contribution in [0.5, 0.6) is 5.75 Å². The average molecular weight is 407 g/mol. The van der Waals surface area contributed by atoms with Gasteiger partial charge in [-0.3, -0.25) is 9.59 Å². The molecule has 1 saturated carbocycles. The van der Waals surface area contributed by atoms with Crippen LogP contribution in [0, 0.1) is 0 Å². The molecule has 0 bridgehead atoms. The van der Waals surface area contributed by atoms with Gasteiger partial charge in [-0.15, -0.1) is 0 Å². The lowest BCUT2D eigenvalue weighted by atomic mass is 9.95. The first kappa shape index (κ1) is 18.3. The van der Waals surface area contributed by atoms with Crippen LogP contribution in [0.4, 0.5) is 6.01 Å². The second kappa shape index (κ2) is 6.86. The molecule has 2 fully saturated rings. The highest BCUT2D eigenvalue weighted by Gasteiger charge is 2.47. The van der Waals surface area contributed by atoms with Gasteiger partial charge in [-0.25, -0.2) is 9.03 Å². The number of aromatic nitrogens is 1. The van der Waals surface area contributed by atoms with Crippen molar-refractivity contribution in [3.8, 4) is 5.75 Å². The van der Waals surface area contributed by atoms with Crippen LogP contribution < -0.4 is 4.72 Å². The van der Waals surface area contributed by atoms with E-state index in [1.807, 2.05) is 4.72 Å². The third-order valence-corrected chi connectivity index (χ3v) is 6.17. The zero-order valence-corrected chi connectivity index (χ0v) is 15.4. The lowest BCUT2D eigenvalue weighted by Gasteiger charge is -2.36. The van der Waals surface area contributed by atoms with Crippen molar-refractivity contribution in [2.45, 2.75) is 44.2 Å². The fourth-order valence-corrected chi connectivity index (χ4v) is 4.83. The molecule has 1 aromatic heterocycles. The summed E-state index contributed by atoms with van der Waals surface area (Å²) in [5.74, 6) is -2.03. The number of aromatic hydroxyl groups is 1. The number of hydrogen-bond donors (Lipinski definition) is 2. The molecule has 2 aromatic rings. The summed E-state index contributed by atoms with van der Waals surface area (Å²) < 4.78 is 32.5. The maximum atomic E-state index is 12.7. The predicted molar refractivity (Wildman–Crippen MR) is 94.8 cm³/mol. The molecule has 1 aromatic carbocycles. The fraction of sp³-hybridized carbons (Fsp3) is 0.438. The van der Waals surface area contributed by atoms with Crippen molar-refractivity contribution in [2.75, 3.05) is 0 Å². The van der Waals surface area contributed by atoms with E-state index in [0.717, 1.165) is 23.6 Å². The Bertz CT molecular complexity index is 1070. The Hall–Kier alpha value is -3.02. The summed E-state index contributed by atoms with van der Waals surface area (Å²) in [4.78, 5) is 28.8. The lowest BCUT2D eigenvalue weighted by Crippen LogP contribution is -2.62. The molecule has 0 spiro atoms. The molecule has 1 aliphatic carbocycles. The number of amides is 2. The van der Waals surface area contributed by atoms with E-state index in [1.165, 1.54) is 18.2 Å². The number of carbonyl (C=O) groups is 2. The number of hydrogen-bond acceptors (Lipinski definition) is 9. The molecule has 1 aliphatic heterocycles. The SMILES string of the molecule is O=C1NS(=O)(=O)N(C2CCCCC2)C(=O)C1N=Nc1nc2cc(O)ccc2o1. The van der Waals surface area contributed by atoms with E-state index < -0.39 is 34.1 Å². The zero-order valence-electron chi connectivity index (χ0n) is 14.6. The van der Waals surface area contributed by atoms with Crippen LogP contribution in [-0.2, 0) is 19.8 Å². The third kappa shape index (κ3) is 3.30. The molecular weight excluding hydrogens is 390 g/mol. The number of benzene rings is 1. The largest absolute Gasteiger partial charge is 0.508 e. The second-order valence-corrected chi connectivity index (χ2v) is 8.21. The van der Waals surface area contributed by atoms with Crippen molar-refractivity contribution in [1.29, 1.82) is 0 Å². The Labute approximate surface area is 159 Å². The second-order valence-electron chi connectivity index (χ2n) is 6.66. The first-order valence-corrected chi connectivity index (χ1v) is 10.2. The van der Waals surface area contributed by atoms with Gasteiger partial charge in [-0.1, -0.05) is 24.4 Å². The monoisotopic (exact) mass is 407 g/mol. The summed E-state index contributed by atoms with van der Waals surface area (Å²) in [6.45, 7) is 0. The van der Waals surface area contributed by atoms with E-state index in [2.05, 4.69) is 15.2 Å². The maximum absolute atomic E-state index is 12.7. The highest BCUT2D eigenvalue weighted by atomic mass is 32.2. The van der Waals surface area contributed by atoms with Crippen molar-refractivity contribution >= 4 is 39.1 Å². The molecule has 1 saturated heterocycles. The molecule has 28 heavy (non-hydrogen) atoms. The van der Waals surface area contributed by atoms with Gasteiger partial charge in [0.1, 0.15) is 11.3 Å². The third-order valence-electron chi connectivity index (χ3n) is 4.71. The van der Waals surface area contributed by atoms with Crippen LogP contribution in [0.15, 0.2) is 32.8 Å². The summed E-state index contributed by atoms with van der Waals surface area (Å²) in [7, 11) is -4.25. The highest BCUT2D eigenvalue weighted by molar-refractivity contribution is 7.88. The van der Waals surface area contributed by atoms with Gasteiger partial charge in [-0.05, 0) is 25.0 Å². The van der Waals surface area contributed by atoms with E-state index in [1.54, 1.807) is 0 Å². The molecule has 4 rings (SSSR count). The molecule has 0 radical (unpaired) electrons. The van der Waals surface area contributed by atoms with Gasteiger partial charge in [0.05, 0.1) is 0 Å². The molecule has 11 nitrogen and oxygen atoms in total. The Morgan fingerprint density at radius 1 is 1.21 bits per heavy atom. The summed E-state index contributed by atoms with van der Waals surface area (Å²) in [6, 6.07) is 1.87. The van der Waals surface area contributed by atoms with Crippen molar-refractivity contribution in [3.63, 3.8) is 0 Å². The minimum Gasteiger partial charge on any atom is -0.508 e. The first-order valence-electron chi connectivity index (χ1n) is 8.75. The number of rotatable bonds is 3. The average Bonchev–Trinajstić information content (AvgIpc) is 3.03. The molecule has 2 heterocycles. The van der Waals surface area contributed by atoms with E-state index in [0.29, 0.717) is 23.9 Å². The van der Waals surface area contributed by atoms with Gasteiger partial charge < -0.3 is 9.52 Å². The standard InChI is InChI=1S/C16H17N5O6S/c22-10-6-7-12-11(8-10)17-16(27-12)19-18-13-14(23)20-28(25,26)21(15(13)24)9-4-2-1-3-5-9/h6-9,13,22H,1-5H2,(H,20,23). The topological polar surface area (TPSA) is 155 Å². The predicted octanol–water partition coefficient (Wildman–Crippen LogP) is 1.52. The van der Waals surface area contributed by atoms with Crippen LogP contribution in [0.1, 0.15) is 32.1 Å². The molecule has 1 unspecified atom stereocenters. The Kier molecular flexibility index (Phi) is 4.49. The van der Waals surface area contributed by atoms with Gasteiger partial charge in [0.2, 0.25) is 6.04 Å². The lowest BCUT2D eigenvalue weighted by molar-refractivity contribution is -0.137. The van der Waals surface area contributed by atoms with Crippen LogP contribution in [-0.4, -0.2) is 46.7 Å². The minimum absolute atomic E-state index is 0.0144. The number of nitrogens with zero attached hydrogens (tertiary/aromatic N) is 4. The number of phenols is 1. The van der Waals surface area contributed by atoms with Crippen LogP contribution in [0.2, 0.25) is 0 Å². The van der Waals surface area contributed by atoms with Crippen molar-refractivity contribution in [2.24, 2.45) is 10.2 Å². The number of fused-ring (bicyclic) bond motifs is 1. The molecule has 2 N–H and O–H groups in total. The molecule has 1 atom stereocenters. The van der Waals surface area contributed by atoms with E-state index in [9.17, 15) is 23.1 Å². The molecule has 148 valence electrons. The summed E-state index contributed by atoms with van der Waals surface area (Å²) in [5.41, 5.74) is 0.650. The van der Waals surface area contributed by atoms with Gasteiger partial charge in [-0.2, -0.15) is 18.5 Å². The van der Waals surface area contributed by atoms with E-state index in [-0.39, 0.29) is 11.8 Å². The zero-order chi connectivity index (χ0) is 19.9.